The number of para-hydroxylation sites is 1. The quantitative estimate of drug-likeness (QED) is 0.718. The summed E-state index contributed by atoms with van der Waals surface area (Å²) in [5.74, 6) is 0.846. The summed E-state index contributed by atoms with van der Waals surface area (Å²) in [6, 6.07) is 15.9. The number of benzene rings is 2. The van der Waals surface area contributed by atoms with Gasteiger partial charge in [0.15, 0.2) is 0 Å². The van der Waals surface area contributed by atoms with E-state index in [1.165, 1.54) is 5.56 Å². The predicted molar refractivity (Wildman–Crippen MR) is 112 cm³/mol. The second-order valence-corrected chi connectivity index (χ2v) is 7.51. The van der Waals surface area contributed by atoms with Crippen LogP contribution in [0.5, 0.6) is 5.75 Å². The van der Waals surface area contributed by atoms with E-state index in [-0.39, 0.29) is 5.91 Å². The van der Waals surface area contributed by atoms with Gasteiger partial charge in [0, 0.05) is 43.6 Å². The summed E-state index contributed by atoms with van der Waals surface area (Å²) < 4.78 is 5.22. The van der Waals surface area contributed by atoms with Crippen molar-refractivity contribution in [1.29, 1.82) is 0 Å². The number of aromatic nitrogens is 1. The molecule has 0 unspecified atom stereocenters. The molecule has 28 heavy (non-hydrogen) atoms. The molecule has 0 atom stereocenters. The summed E-state index contributed by atoms with van der Waals surface area (Å²) in [6.07, 6.45) is 0.944. The molecule has 1 aromatic heterocycles. The molecule has 1 fully saturated rings. The minimum atomic E-state index is -0.0208. The van der Waals surface area contributed by atoms with Gasteiger partial charge in [-0.3, -0.25) is 9.69 Å². The molecule has 0 saturated carbocycles. The van der Waals surface area contributed by atoms with Crippen LogP contribution in [0.3, 0.4) is 0 Å². The van der Waals surface area contributed by atoms with Gasteiger partial charge in [-0.1, -0.05) is 41.9 Å². The number of hydrogen-bond acceptors (Lipinski definition) is 3. The number of methoxy groups -OCH3 is 1. The number of carbonyl (C=O) groups is 1. The Balaban J connectivity index is 1.42. The van der Waals surface area contributed by atoms with Crippen molar-refractivity contribution in [2.75, 3.05) is 33.3 Å². The molecular formula is C22H24ClN3O2. The fourth-order valence-corrected chi connectivity index (χ4v) is 4.03. The Kier molecular flexibility index (Phi) is 5.55. The first-order valence-corrected chi connectivity index (χ1v) is 9.94. The minimum Gasteiger partial charge on any atom is -0.497 e. The lowest BCUT2D eigenvalue weighted by Gasteiger charge is -2.22. The Labute approximate surface area is 169 Å². The van der Waals surface area contributed by atoms with Gasteiger partial charge in [-0.15, -0.1) is 0 Å². The first-order chi connectivity index (χ1) is 13.7. The van der Waals surface area contributed by atoms with Crippen molar-refractivity contribution in [2.24, 2.45) is 0 Å². The first-order valence-electron chi connectivity index (χ1n) is 9.56. The van der Waals surface area contributed by atoms with Gasteiger partial charge in [0.2, 0.25) is 0 Å². The van der Waals surface area contributed by atoms with Crippen molar-refractivity contribution in [2.45, 2.75) is 13.0 Å². The Bertz CT molecular complexity index is 968. The number of halogens is 1. The number of amides is 1. The van der Waals surface area contributed by atoms with Crippen LogP contribution >= 0.6 is 11.6 Å². The SMILES string of the molecule is COc1ccc(CN2CCCN(C(=O)c3[nH]c4ccccc4c3Cl)CC2)cc1. The Morgan fingerprint density at radius 1 is 1.07 bits per heavy atom. The van der Waals surface area contributed by atoms with Crippen LogP contribution in [0, 0.1) is 0 Å². The van der Waals surface area contributed by atoms with E-state index in [2.05, 4.69) is 22.0 Å². The van der Waals surface area contributed by atoms with Gasteiger partial charge < -0.3 is 14.6 Å². The normalized spacial score (nSPS) is 15.6. The Morgan fingerprint density at radius 3 is 2.61 bits per heavy atom. The topological polar surface area (TPSA) is 48.6 Å². The van der Waals surface area contributed by atoms with Crippen LogP contribution < -0.4 is 4.74 Å². The summed E-state index contributed by atoms with van der Waals surface area (Å²) in [4.78, 5) is 20.5. The maximum Gasteiger partial charge on any atom is 0.271 e. The summed E-state index contributed by atoms with van der Waals surface area (Å²) in [6.45, 7) is 4.12. The van der Waals surface area contributed by atoms with Crippen molar-refractivity contribution in [1.82, 2.24) is 14.8 Å². The zero-order valence-corrected chi connectivity index (χ0v) is 16.7. The van der Waals surface area contributed by atoms with Gasteiger partial charge in [0.25, 0.3) is 5.91 Å². The molecule has 1 aliphatic heterocycles. The zero-order chi connectivity index (χ0) is 19.5. The van der Waals surface area contributed by atoms with Gasteiger partial charge in [-0.05, 0) is 30.2 Å². The molecular weight excluding hydrogens is 374 g/mol. The van der Waals surface area contributed by atoms with Crippen LogP contribution in [-0.4, -0.2) is 54.0 Å². The Hall–Kier alpha value is -2.50. The number of fused-ring (bicyclic) bond motifs is 1. The van der Waals surface area contributed by atoms with E-state index in [0.29, 0.717) is 17.3 Å². The Morgan fingerprint density at radius 2 is 1.86 bits per heavy atom. The molecule has 2 heterocycles. The molecule has 1 amide bonds. The summed E-state index contributed by atoms with van der Waals surface area (Å²) in [7, 11) is 1.68. The van der Waals surface area contributed by atoms with E-state index in [1.807, 2.05) is 41.3 Å². The van der Waals surface area contributed by atoms with Crippen LogP contribution in [0.15, 0.2) is 48.5 Å². The molecule has 1 aliphatic rings. The molecule has 0 bridgehead atoms. The highest BCUT2D eigenvalue weighted by molar-refractivity contribution is 6.38. The van der Waals surface area contributed by atoms with Crippen molar-refractivity contribution in [3.63, 3.8) is 0 Å². The van der Waals surface area contributed by atoms with E-state index in [9.17, 15) is 4.79 Å². The molecule has 5 nitrogen and oxygen atoms in total. The first kappa shape index (κ1) is 18.8. The largest absolute Gasteiger partial charge is 0.497 e. The highest BCUT2D eigenvalue weighted by atomic mass is 35.5. The molecule has 0 aliphatic carbocycles. The van der Waals surface area contributed by atoms with E-state index >= 15 is 0 Å². The third-order valence-corrected chi connectivity index (χ3v) is 5.69. The summed E-state index contributed by atoms with van der Waals surface area (Å²) in [5.41, 5.74) is 2.64. The zero-order valence-electron chi connectivity index (χ0n) is 16.0. The van der Waals surface area contributed by atoms with Gasteiger partial charge in [0.1, 0.15) is 11.4 Å². The smallest absolute Gasteiger partial charge is 0.271 e. The molecule has 6 heteroatoms. The molecule has 2 aromatic carbocycles. The van der Waals surface area contributed by atoms with Crippen molar-refractivity contribution >= 4 is 28.4 Å². The maximum atomic E-state index is 13.1. The fourth-order valence-electron chi connectivity index (χ4n) is 3.73. The van der Waals surface area contributed by atoms with Crippen LogP contribution in [0.4, 0.5) is 0 Å². The molecule has 146 valence electrons. The average Bonchev–Trinajstić information content (AvgIpc) is 2.90. The molecule has 0 radical (unpaired) electrons. The fraction of sp³-hybridized carbons (Fsp3) is 0.318. The van der Waals surface area contributed by atoms with Gasteiger partial charge in [-0.25, -0.2) is 0 Å². The monoisotopic (exact) mass is 397 g/mol. The minimum absolute atomic E-state index is 0.0208. The van der Waals surface area contributed by atoms with Crippen LogP contribution in [0.1, 0.15) is 22.5 Å². The molecule has 4 rings (SSSR count). The van der Waals surface area contributed by atoms with E-state index in [4.69, 9.17) is 16.3 Å². The average molecular weight is 398 g/mol. The number of H-pyrrole nitrogens is 1. The standard InChI is InChI=1S/C22H24ClN3O2/c1-28-17-9-7-16(8-10-17)15-25-11-4-12-26(14-13-25)22(27)21-20(23)18-5-2-3-6-19(18)24-21/h2-3,5-10,24H,4,11-15H2,1H3. The third kappa shape index (κ3) is 3.86. The second-order valence-electron chi connectivity index (χ2n) is 7.13. The van der Waals surface area contributed by atoms with Crippen LogP contribution in [-0.2, 0) is 6.54 Å². The number of aromatic amines is 1. The van der Waals surface area contributed by atoms with E-state index < -0.39 is 0 Å². The summed E-state index contributed by atoms with van der Waals surface area (Å²) in [5, 5.41) is 1.41. The number of hydrogen-bond donors (Lipinski definition) is 1. The van der Waals surface area contributed by atoms with Gasteiger partial charge in [0.05, 0.1) is 12.1 Å². The molecule has 1 saturated heterocycles. The van der Waals surface area contributed by atoms with Crippen molar-refractivity contribution < 1.29 is 9.53 Å². The van der Waals surface area contributed by atoms with Crippen molar-refractivity contribution in [3.05, 3.63) is 64.8 Å². The molecule has 0 spiro atoms. The van der Waals surface area contributed by atoms with Gasteiger partial charge in [-0.2, -0.15) is 0 Å². The lowest BCUT2D eigenvalue weighted by Crippen LogP contribution is -2.35. The van der Waals surface area contributed by atoms with Gasteiger partial charge >= 0.3 is 0 Å². The van der Waals surface area contributed by atoms with Crippen LogP contribution in [0.2, 0.25) is 5.02 Å². The highest BCUT2D eigenvalue weighted by Gasteiger charge is 2.24. The number of carbonyl (C=O) groups excluding carboxylic acids is 1. The lowest BCUT2D eigenvalue weighted by molar-refractivity contribution is 0.0756. The highest BCUT2D eigenvalue weighted by Crippen LogP contribution is 2.28. The van der Waals surface area contributed by atoms with E-state index in [0.717, 1.165) is 49.3 Å². The van der Waals surface area contributed by atoms with E-state index in [1.54, 1.807) is 7.11 Å². The maximum absolute atomic E-state index is 13.1. The number of rotatable bonds is 4. The molecule has 1 N–H and O–H groups in total. The van der Waals surface area contributed by atoms with Crippen LogP contribution in [0.25, 0.3) is 10.9 Å². The predicted octanol–water partition coefficient (Wildman–Crippen LogP) is 4.18. The second kappa shape index (κ2) is 8.25. The summed E-state index contributed by atoms with van der Waals surface area (Å²) >= 11 is 6.47. The number of nitrogens with zero attached hydrogens (tertiary/aromatic N) is 2. The number of ether oxygens (including phenoxy) is 1. The number of nitrogens with one attached hydrogen (secondary N) is 1. The van der Waals surface area contributed by atoms with Crippen molar-refractivity contribution in [3.8, 4) is 5.75 Å². The lowest BCUT2D eigenvalue weighted by atomic mass is 10.2. The third-order valence-electron chi connectivity index (χ3n) is 5.30. The molecule has 3 aromatic rings.